The molecule has 0 radical (unpaired) electrons. The van der Waals surface area contributed by atoms with Crippen molar-refractivity contribution in [1.82, 2.24) is 0 Å². The number of ketones is 1. The maximum atomic E-state index is 11.7. The van der Waals surface area contributed by atoms with Gasteiger partial charge in [-0.1, -0.05) is 62.4 Å². The van der Waals surface area contributed by atoms with Gasteiger partial charge in [-0.05, 0) is 47.1 Å². The van der Waals surface area contributed by atoms with E-state index in [0.717, 1.165) is 12.0 Å². The van der Waals surface area contributed by atoms with Crippen LogP contribution in [0, 0.1) is 0 Å². The van der Waals surface area contributed by atoms with E-state index in [0.29, 0.717) is 0 Å². The lowest BCUT2D eigenvalue weighted by Crippen LogP contribution is -2.22. The zero-order valence-electron chi connectivity index (χ0n) is 12.8. The summed E-state index contributed by atoms with van der Waals surface area (Å²) in [5.74, 6) is 0.129. The molecular weight excluding hydrogens is 256 g/mol. The monoisotopic (exact) mass is 276 g/mol. The summed E-state index contributed by atoms with van der Waals surface area (Å²) < 4.78 is 0. The molecule has 3 rings (SSSR count). The molecule has 0 atom stereocenters. The molecule has 0 saturated carbocycles. The minimum absolute atomic E-state index is 0.0685. The maximum absolute atomic E-state index is 11.7. The van der Waals surface area contributed by atoms with Crippen molar-refractivity contribution < 1.29 is 4.79 Å². The van der Waals surface area contributed by atoms with E-state index in [4.69, 9.17) is 0 Å². The molecule has 106 valence electrons. The molecule has 0 aliphatic heterocycles. The first-order chi connectivity index (χ1) is 9.99. The summed E-state index contributed by atoms with van der Waals surface area (Å²) in [5, 5.41) is 0. The number of allylic oxidation sites excluding steroid dienone is 1. The van der Waals surface area contributed by atoms with Crippen molar-refractivity contribution in [3.63, 3.8) is 0 Å². The van der Waals surface area contributed by atoms with Gasteiger partial charge in [-0.2, -0.15) is 0 Å². The third kappa shape index (κ3) is 2.44. The molecule has 0 unspecified atom stereocenters. The molecule has 1 nitrogen and oxygen atoms in total. The SMILES string of the molecule is CC(=O)c1ccc2c(c1)C(C)(C)CC=C2c1ccccc1. The first-order valence-corrected chi connectivity index (χ1v) is 7.40. The molecule has 0 saturated heterocycles. The molecule has 0 spiro atoms. The van der Waals surface area contributed by atoms with Crippen molar-refractivity contribution in [2.45, 2.75) is 32.6 Å². The molecule has 0 fully saturated rings. The van der Waals surface area contributed by atoms with Crippen LogP contribution in [0.4, 0.5) is 0 Å². The summed E-state index contributed by atoms with van der Waals surface area (Å²) in [7, 11) is 0. The third-order valence-corrected chi connectivity index (χ3v) is 4.35. The van der Waals surface area contributed by atoms with E-state index in [1.807, 2.05) is 12.1 Å². The number of hydrogen-bond acceptors (Lipinski definition) is 1. The molecule has 2 aromatic carbocycles. The fourth-order valence-corrected chi connectivity index (χ4v) is 3.03. The average molecular weight is 276 g/mol. The fraction of sp³-hybridized carbons (Fsp3) is 0.250. The molecule has 21 heavy (non-hydrogen) atoms. The van der Waals surface area contributed by atoms with Gasteiger partial charge in [0, 0.05) is 5.56 Å². The minimum atomic E-state index is 0.0685. The number of benzene rings is 2. The molecule has 0 N–H and O–H groups in total. The highest BCUT2D eigenvalue weighted by atomic mass is 16.1. The lowest BCUT2D eigenvalue weighted by atomic mass is 9.71. The Morgan fingerprint density at radius 1 is 1.05 bits per heavy atom. The molecule has 0 amide bonds. The van der Waals surface area contributed by atoms with Gasteiger partial charge >= 0.3 is 0 Å². The number of carbonyl (C=O) groups excluding carboxylic acids is 1. The number of fused-ring (bicyclic) bond motifs is 1. The average Bonchev–Trinajstić information content (AvgIpc) is 2.48. The highest BCUT2D eigenvalue weighted by Crippen LogP contribution is 2.41. The van der Waals surface area contributed by atoms with Crippen LogP contribution in [0.1, 0.15) is 54.2 Å². The van der Waals surface area contributed by atoms with Crippen LogP contribution in [-0.2, 0) is 5.41 Å². The molecule has 1 aliphatic carbocycles. The zero-order valence-corrected chi connectivity index (χ0v) is 12.8. The summed E-state index contributed by atoms with van der Waals surface area (Å²) in [4.78, 5) is 11.7. The van der Waals surface area contributed by atoms with Crippen LogP contribution in [0.2, 0.25) is 0 Å². The maximum Gasteiger partial charge on any atom is 0.159 e. The Labute approximate surface area is 126 Å². The lowest BCUT2D eigenvalue weighted by molar-refractivity contribution is 0.101. The number of carbonyl (C=O) groups is 1. The first-order valence-electron chi connectivity index (χ1n) is 7.40. The van der Waals surface area contributed by atoms with Gasteiger partial charge in [0.25, 0.3) is 0 Å². The summed E-state index contributed by atoms with van der Waals surface area (Å²) >= 11 is 0. The van der Waals surface area contributed by atoms with Crippen LogP contribution >= 0.6 is 0 Å². The van der Waals surface area contributed by atoms with Crippen LogP contribution in [0.5, 0.6) is 0 Å². The van der Waals surface area contributed by atoms with E-state index in [1.54, 1.807) is 6.92 Å². The Balaban J connectivity index is 2.18. The van der Waals surface area contributed by atoms with Gasteiger partial charge in [0.2, 0.25) is 0 Å². The molecule has 0 heterocycles. The van der Waals surface area contributed by atoms with Crippen LogP contribution < -0.4 is 0 Å². The molecular formula is C20H20O. The minimum Gasteiger partial charge on any atom is -0.295 e. The highest BCUT2D eigenvalue weighted by molar-refractivity contribution is 5.95. The quantitative estimate of drug-likeness (QED) is 0.705. The van der Waals surface area contributed by atoms with Crippen molar-refractivity contribution in [2.24, 2.45) is 0 Å². The van der Waals surface area contributed by atoms with Crippen LogP contribution in [-0.4, -0.2) is 5.78 Å². The predicted molar refractivity (Wildman–Crippen MR) is 87.6 cm³/mol. The second-order valence-corrected chi connectivity index (χ2v) is 6.39. The van der Waals surface area contributed by atoms with E-state index in [2.05, 4.69) is 56.3 Å². The van der Waals surface area contributed by atoms with Crippen molar-refractivity contribution >= 4 is 11.4 Å². The normalized spacial score (nSPS) is 16.0. The van der Waals surface area contributed by atoms with Gasteiger partial charge in [-0.15, -0.1) is 0 Å². The van der Waals surface area contributed by atoms with E-state index in [1.165, 1.54) is 22.3 Å². The summed E-state index contributed by atoms with van der Waals surface area (Å²) in [6.45, 7) is 6.12. The summed E-state index contributed by atoms with van der Waals surface area (Å²) in [5.41, 5.74) is 5.92. The van der Waals surface area contributed by atoms with Crippen LogP contribution in [0.3, 0.4) is 0 Å². The molecule has 1 heteroatoms. The largest absolute Gasteiger partial charge is 0.295 e. The van der Waals surface area contributed by atoms with Gasteiger partial charge in [0.05, 0.1) is 0 Å². The molecule has 2 aromatic rings. The number of Topliss-reactive ketones (excluding diaryl/α,β-unsaturated/α-hetero) is 1. The van der Waals surface area contributed by atoms with Crippen LogP contribution in [0.15, 0.2) is 54.6 Å². The number of hydrogen-bond donors (Lipinski definition) is 0. The van der Waals surface area contributed by atoms with Gasteiger partial charge < -0.3 is 0 Å². The van der Waals surface area contributed by atoms with Gasteiger partial charge in [0.15, 0.2) is 5.78 Å². The summed E-state index contributed by atoms with van der Waals surface area (Å²) in [6, 6.07) is 16.6. The van der Waals surface area contributed by atoms with Gasteiger partial charge in [-0.25, -0.2) is 0 Å². The van der Waals surface area contributed by atoms with Crippen molar-refractivity contribution in [2.75, 3.05) is 0 Å². The van der Waals surface area contributed by atoms with Crippen molar-refractivity contribution in [1.29, 1.82) is 0 Å². The lowest BCUT2D eigenvalue weighted by Gasteiger charge is -2.32. The van der Waals surface area contributed by atoms with Gasteiger partial charge in [0.1, 0.15) is 0 Å². The Hall–Kier alpha value is -2.15. The second-order valence-electron chi connectivity index (χ2n) is 6.39. The smallest absolute Gasteiger partial charge is 0.159 e. The van der Waals surface area contributed by atoms with Crippen LogP contribution in [0.25, 0.3) is 5.57 Å². The van der Waals surface area contributed by atoms with E-state index in [9.17, 15) is 4.79 Å². The van der Waals surface area contributed by atoms with Crippen molar-refractivity contribution in [3.8, 4) is 0 Å². The Morgan fingerprint density at radius 2 is 1.76 bits per heavy atom. The van der Waals surface area contributed by atoms with E-state index < -0.39 is 0 Å². The number of rotatable bonds is 2. The van der Waals surface area contributed by atoms with E-state index in [-0.39, 0.29) is 11.2 Å². The highest BCUT2D eigenvalue weighted by Gasteiger charge is 2.29. The molecule has 0 aromatic heterocycles. The predicted octanol–water partition coefficient (Wildman–Crippen LogP) is 5.00. The Morgan fingerprint density at radius 3 is 2.43 bits per heavy atom. The summed E-state index contributed by atoms with van der Waals surface area (Å²) in [6.07, 6.45) is 3.32. The first kappa shape index (κ1) is 13.8. The Bertz CT molecular complexity index is 721. The third-order valence-electron chi connectivity index (χ3n) is 4.35. The van der Waals surface area contributed by atoms with Gasteiger partial charge in [-0.3, -0.25) is 4.79 Å². The van der Waals surface area contributed by atoms with E-state index >= 15 is 0 Å². The molecule has 1 aliphatic rings. The topological polar surface area (TPSA) is 17.1 Å². The zero-order chi connectivity index (χ0) is 15.0. The Kier molecular flexibility index (Phi) is 3.29. The second kappa shape index (κ2) is 5.00. The van der Waals surface area contributed by atoms with Crippen molar-refractivity contribution in [3.05, 3.63) is 76.9 Å². The standard InChI is InChI=1S/C20H20O/c1-14(21)16-9-10-18-17(15-7-5-4-6-8-15)11-12-20(2,3)19(18)13-16/h4-11,13H,12H2,1-3H3. The molecule has 0 bridgehead atoms. The fourth-order valence-electron chi connectivity index (χ4n) is 3.03.